The Morgan fingerprint density at radius 2 is 2.21 bits per heavy atom. The summed E-state index contributed by atoms with van der Waals surface area (Å²) in [6.07, 6.45) is 0.509. The second kappa shape index (κ2) is 5.15. The third kappa shape index (κ3) is 3.50. The van der Waals surface area contributed by atoms with Crippen LogP contribution in [0.4, 0.5) is 0 Å². The van der Waals surface area contributed by atoms with Crippen molar-refractivity contribution in [3.63, 3.8) is 0 Å². The lowest BCUT2D eigenvalue weighted by atomic mass is 10.1. The number of rotatable bonds is 4. The van der Waals surface area contributed by atoms with Crippen molar-refractivity contribution in [2.24, 2.45) is 5.92 Å². The SMILES string of the molecule is CC(C)C(C)NC(=O)Cc1cccs1. The van der Waals surface area contributed by atoms with Gasteiger partial charge in [-0.1, -0.05) is 19.9 Å². The highest BCUT2D eigenvalue weighted by atomic mass is 32.1. The average Bonchev–Trinajstić information content (AvgIpc) is 2.56. The quantitative estimate of drug-likeness (QED) is 0.814. The molecule has 1 aromatic heterocycles. The lowest BCUT2D eigenvalue weighted by molar-refractivity contribution is -0.121. The van der Waals surface area contributed by atoms with Crippen molar-refractivity contribution in [1.82, 2.24) is 5.32 Å². The molecule has 1 unspecified atom stereocenters. The predicted octanol–water partition coefficient (Wildman–Crippen LogP) is 2.45. The standard InChI is InChI=1S/C11H17NOS/c1-8(2)9(3)12-11(13)7-10-5-4-6-14-10/h4-6,8-9H,7H2,1-3H3,(H,12,13). The molecule has 0 radical (unpaired) electrons. The number of amides is 1. The van der Waals surface area contributed by atoms with E-state index in [-0.39, 0.29) is 11.9 Å². The maximum Gasteiger partial charge on any atom is 0.225 e. The maximum atomic E-state index is 11.5. The van der Waals surface area contributed by atoms with Gasteiger partial charge in [0.15, 0.2) is 0 Å². The van der Waals surface area contributed by atoms with Gasteiger partial charge in [0, 0.05) is 10.9 Å². The Bertz CT molecular complexity index is 279. The number of carbonyl (C=O) groups excluding carboxylic acids is 1. The van der Waals surface area contributed by atoms with Crippen LogP contribution in [0.15, 0.2) is 17.5 Å². The molecule has 1 rings (SSSR count). The fourth-order valence-corrected chi connectivity index (χ4v) is 1.75. The van der Waals surface area contributed by atoms with Crippen LogP contribution in [0.1, 0.15) is 25.6 Å². The van der Waals surface area contributed by atoms with Gasteiger partial charge >= 0.3 is 0 Å². The molecule has 0 aliphatic carbocycles. The molecule has 14 heavy (non-hydrogen) atoms. The van der Waals surface area contributed by atoms with Gasteiger partial charge in [0.1, 0.15) is 0 Å². The van der Waals surface area contributed by atoms with Crippen molar-refractivity contribution < 1.29 is 4.79 Å². The molecule has 0 saturated carbocycles. The summed E-state index contributed by atoms with van der Waals surface area (Å²) in [5, 5.41) is 4.98. The number of thiophene rings is 1. The van der Waals surface area contributed by atoms with Gasteiger partial charge in [-0.2, -0.15) is 0 Å². The molecular weight excluding hydrogens is 194 g/mol. The van der Waals surface area contributed by atoms with Gasteiger partial charge in [-0.3, -0.25) is 4.79 Å². The monoisotopic (exact) mass is 211 g/mol. The van der Waals surface area contributed by atoms with Gasteiger partial charge in [0.25, 0.3) is 0 Å². The van der Waals surface area contributed by atoms with Crippen LogP contribution in [-0.4, -0.2) is 11.9 Å². The highest BCUT2D eigenvalue weighted by Crippen LogP contribution is 2.09. The fraction of sp³-hybridized carbons (Fsp3) is 0.545. The number of nitrogens with one attached hydrogen (secondary N) is 1. The van der Waals surface area contributed by atoms with E-state index >= 15 is 0 Å². The fourth-order valence-electron chi connectivity index (χ4n) is 1.04. The Morgan fingerprint density at radius 1 is 1.50 bits per heavy atom. The van der Waals surface area contributed by atoms with Crippen LogP contribution < -0.4 is 5.32 Å². The Hall–Kier alpha value is -0.830. The average molecular weight is 211 g/mol. The molecule has 0 aromatic carbocycles. The van der Waals surface area contributed by atoms with E-state index in [2.05, 4.69) is 19.2 Å². The number of hydrogen-bond acceptors (Lipinski definition) is 2. The zero-order valence-electron chi connectivity index (χ0n) is 8.91. The molecule has 2 nitrogen and oxygen atoms in total. The Kier molecular flexibility index (Phi) is 4.14. The third-order valence-corrected chi connectivity index (χ3v) is 3.18. The van der Waals surface area contributed by atoms with Crippen LogP contribution in [-0.2, 0) is 11.2 Å². The van der Waals surface area contributed by atoms with E-state index in [4.69, 9.17) is 0 Å². The molecule has 0 bridgehead atoms. The lowest BCUT2D eigenvalue weighted by Gasteiger charge is -2.16. The smallest absolute Gasteiger partial charge is 0.225 e. The molecule has 1 N–H and O–H groups in total. The van der Waals surface area contributed by atoms with Crippen LogP contribution in [0.2, 0.25) is 0 Å². The molecule has 0 saturated heterocycles. The topological polar surface area (TPSA) is 29.1 Å². The van der Waals surface area contributed by atoms with E-state index in [1.54, 1.807) is 11.3 Å². The Balaban J connectivity index is 2.36. The summed E-state index contributed by atoms with van der Waals surface area (Å²) in [6, 6.07) is 4.21. The molecule has 0 fully saturated rings. The van der Waals surface area contributed by atoms with Gasteiger partial charge in [-0.15, -0.1) is 11.3 Å². The first-order chi connectivity index (χ1) is 6.59. The van der Waals surface area contributed by atoms with Crippen LogP contribution in [0.3, 0.4) is 0 Å². The summed E-state index contributed by atoms with van der Waals surface area (Å²) in [6.45, 7) is 6.25. The molecule has 1 amide bonds. The summed E-state index contributed by atoms with van der Waals surface area (Å²) in [7, 11) is 0. The van der Waals surface area contributed by atoms with E-state index in [0.29, 0.717) is 12.3 Å². The summed E-state index contributed by atoms with van der Waals surface area (Å²) >= 11 is 1.63. The minimum Gasteiger partial charge on any atom is -0.353 e. The van der Waals surface area contributed by atoms with E-state index < -0.39 is 0 Å². The summed E-state index contributed by atoms with van der Waals surface area (Å²) in [4.78, 5) is 12.6. The zero-order chi connectivity index (χ0) is 10.6. The van der Waals surface area contributed by atoms with Crippen LogP contribution in [0, 0.1) is 5.92 Å². The summed E-state index contributed by atoms with van der Waals surface area (Å²) < 4.78 is 0. The summed E-state index contributed by atoms with van der Waals surface area (Å²) in [5.41, 5.74) is 0. The van der Waals surface area contributed by atoms with E-state index in [9.17, 15) is 4.79 Å². The van der Waals surface area contributed by atoms with Crippen molar-refractivity contribution in [1.29, 1.82) is 0 Å². The highest BCUT2D eigenvalue weighted by Gasteiger charge is 2.11. The largest absolute Gasteiger partial charge is 0.353 e. The van der Waals surface area contributed by atoms with Crippen LogP contribution >= 0.6 is 11.3 Å². The first-order valence-corrected chi connectivity index (χ1v) is 5.79. The van der Waals surface area contributed by atoms with Crippen molar-refractivity contribution >= 4 is 17.2 Å². The lowest BCUT2D eigenvalue weighted by Crippen LogP contribution is -2.36. The molecule has 3 heteroatoms. The molecule has 1 atom stereocenters. The zero-order valence-corrected chi connectivity index (χ0v) is 9.73. The maximum absolute atomic E-state index is 11.5. The Labute approximate surface area is 89.3 Å². The Morgan fingerprint density at radius 3 is 2.71 bits per heavy atom. The van der Waals surface area contributed by atoms with Gasteiger partial charge in [0.05, 0.1) is 6.42 Å². The van der Waals surface area contributed by atoms with Crippen LogP contribution in [0.25, 0.3) is 0 Å². The van der Waals surface area contributed by atoms with Gasteiger partial charge in [-0.25, -0.2) is 0 Å². The van der Waals surface area contributed by atoms with Crippen molar-refractivity contribution in [3.8, 4) is 0 Å². The minimum atomic E-state index is 0.119. The molecule has 0 aliphatic rings. The first-order valence-electron chi connectivity index (χ1n) is 4.91. The van der Waals surface area contributed by atoms with Gasteiger partial charge in [0.2, 0.25) is 5.91 Å². The molecular formula is C11H17NOS. The van der Waals surface area contributed by atoms with Crippen molar-refractivity contribution in [2.45, 2.75) is 33.2 Å². The normalized spacial score (nSPS) is 12.9. The number of carbonyl (C=O) groups is 1. The van der Waals surface area contributed by atoms with E-state index in [1.807, 2.05) is 24.4 Å². The van der Waals surface area contributed by atoms with Gasteiger partial charge in [-0.05, 0) is 24.3 Å². The molecule has 78 valence electrons. The van der Waals surface area contributed by atoms with Crippen LogP contribution in [0.5, 0.6) is 0 Å². The molecule has 1 aromatic rings. The molecule has 1 heterocycles. The third-order valence-electron chi connectivity index (χ3n) is 2.30. The number of hydrogen-bond donors (Lipinski definition) is 1. The second-order valence-corrected chi connectivity index (χ2v) is 4.89. The highest BCUT2D eigenvalue weighted by molar-refractivity contribution is 7.10. The van der Waals surface area contributed by atoms with E-state index in [1.165, 1.54) is 0 Å². The second-order valence-electron chi connectivity index (χ2n) is 3.86. The minimum absolute atomic E-state index is 0.119. The summed E-state index contributed by atoms with van der Waals surface area (Å²) in [5.74, 6) is 0.607. The van der Waals surface area contributed by atoms with Gasteiger partial charge < -0.3 is 5.32 Å². The van der Waals surface area contributed by atoms with Crippen molar-refractivity contribution in [3.05, 3.63) is 22.4 Å². The molecule has 0 spiro atoms. The van der Waals surface area contributed by atoms with Crippen molar-refractivity contribution in [2.75, 3.05) is 0 Å². The first kappa shape index (κ1) is 11.2. The predicted molar refractivity (Wildman–Crippen MR) is 60.5 cm³/mol. The molecule has 0 aliphatic heterocycles. The van der Waals surface area contributed by atoms with E-state index in [0.717, 1.165) is 4.88 Å².